The number of rotatable bonds is 7. The van der Waals surface area contributed by atoms with Crippen LogP contribution in [-0.4, -0.2) is 5.11 Å². The average Bonchev–Trinajstić information content (AvgIpc) is 3.05. The molecule has 0 amide bonds. The molecule has 0 aliphatic heterocycles. The molecule has 6 rings (SSSR count). The molecule has 6 aromatic rings. The lowest BCUT2D eigenvalue weighted by Gasteiger charge is -2.26. The van der Waals surface area contributed by atoms with E-state index in [-0.39, 0.29) is 5.76 Å². The Bertz CT molecular complexity index is 1810. The van der Waals surface area contributed by atoms with Crippen molar-refractivity contribution in [2.75, 3.05) is 4.90 Å². The van der Waals surface area contributed by atoms with Crippen LogP contribution in [0.15, 0.2) is 164 Å². The van der Waals surface area contributed by atoms with E-state index in [1.807, 2.05) is 37.3 Å². The minimum absolute atomic E-state index is 0.243. The Kier molecular flexibility index (Phi) is 7.46. The minimum Gasteiger partial charge on any atom is -0.507 e. The fourth-order valence-electron chi connectivity index (χ4n) is 5.21. The third kappa shape index (κ3) is 5.54. The van der Waals surface area contributed by atoms with Gasteiger partial charge in [-0.15, -0.1) is 0 Å². The van der Waals surface area contributed by atoms with Crippen molar-refractivity contribution < 1.29 is 5.11 Å². The summed E-state index contributed by atoms with van der Waals surface area (Å²) in [5.74, 6) is 0.243. The van der Waals surface area contributed by atoms with Crippen LogP contribution in [0.25, 0.3) is 38.8 Å². The summed E-state index contributed by atoms with van der Waals surface area (Å²) in [6.45, 7) is 1.93. The highest BCUT2D eigenvalue weighted by molar-refractivity contribution is 5.97. The van der Waals surface area contributed by atoms with Gasteiger partial charge in [0.15, 0.2) is 0 Å². The number of hydrogen-bond donors (Lipinski definition) is 1. The second-order valence-corrected chi connectivity index (χ2v) is 9.95. The maximum atomic E-state index is 10.5. The number of nitrogens with zero attached hydrogens (tertiary/aromatic N) is 1. The molecule has 41 heavy (non-hydrogen) atoms. The first-order chi connectivity index (χ1) is 20.2. The van der Waals surface area contributed by atoms with Crippen molar-refractivity contribution in [1.29, 1.82) is 0 Å². The van der Waals surface area contributed by atoms with Crippen LogP contribution in [0.3, 0.4) is 0 Å². The molecule has 0 saturated heterocycles. The van der Waals surface area contributed by atoms with E-state index in [1.54, 1.807) is 6.08 Å². The Morgan fingerprint density at radius 1 is 0.537 bits per heavy atom. The van der Waals surface area contributed by atoms with E-state index in [4.69, 9.17) is 0 Å². The smallest absolute Gasteiger partial charge is 0.122 e. The zero-order chi connectivity index (χ0) is 28.0. The molecule has 0 aliphatic rings. The van der Waals surface area contributed by atoms with Crippen LogP contribution in [0, 0.1) is 0 Å². The van der Waals surface area contributed by atoms with E-state index in [2.05, 4.69) is 132 Å². The third-order valence-corrected chi connectivity index (χ3v) is 7.33. The molecule has 2 nitrogen and oxygen atoms in total. The number of aliphatic hydroxyl groups excluding tert-OH is 1. The number of allylic oxidation sites excluding steroid dienone is 3. The molecule has 0 atom stereocenters. The minimum atomic E-state index is 0.243. The summed E-state index contributed by atoms with van der Waals surface area (Å²) in [7, 11) is 0. The fraction of sp³-hybridized carbons (Fsp3) is 0.0256. The molecular formula is C39H31NO. The van der Waals surface area contributed by atoms with Crippen LogP contribution in [-0.2, 0) is 0 Å². The van der Waals surface area contributed by atoms with Gasteiger partial charge in [-0.3, -0.25) is 0 Å². The summed E-state index contributed by atoms with van der Waals surface area (Å²) in [6.07, 6.45) is 5.44. The Hall–Kier alpha value is -5.34. The van der Waals surface area contributed by atoms with Gasteiger partial charge in [0.2, 0.25) is 0 Å². The normalized spacial score (nSPS) is 11.7. The van der Waals surface area contributed by atoms with Crippen LogP contribution in [0.1, 0.15) is 12.5 Å². The summed E-state index contributed by atoms with van der Waals surface area (Å²) in [5, 5.41) is 12.9. The van der Waals surface area contributed by atoms with Gasteiger partial charge in [0.1, 0.15) is 5.76 Å². The Labute approximate surface area is 241 Å². The number of anilines is 3. The highest BCUT2D eigenvalue weighted by atomic mass is 16.3. The molecule has 0 heterocycles. The molecule has 1 N–H and O–H groups in total. The first kappa shape index (κ1) is 25.9. The maximum absolute atomic E-state index is 10.5. The van der Waals surface area contributed by atoms with E-state index in [9.17, 15) is 5.11 Å². The van der Waals surface area contributed by atoms with Gasteiger partial charge >= 0.3 is 0 Å². The number of fused-ring (bicyclic) bond motifs is 1. The largest absolute Gasteiger partial charge is 0.507 e. The highest BCUT2D eigenvalue weighted by Gasteiger charge is 2.14. The van der Waals surface area contributed by atoms with Crippen molar-refractivity contribution in [2.45, 2.75) is 6.92 Å². The van der Waals surface area contributed by atoms with Gasteiger partial charge < -0.3 is 10.0 Å². The maximum Gasteiger partial charge on any atom is 0.122 e. The van der Waals surface area contributed by atoms with Crippen molar-refractivity contribution in [1.82, 2.24) is 0 Å². The first-order valence-corrected chi connectivity index (χ1v) is 13.9. The van der Waals surface area contributed by atoms with E-state index in [0.29, 0.717) is 0 Å². The molecular weight excluding hydrogens is 498 g/mol. The first-order valence-electron chi connectivity index (χ1n) is 13.9. The Morgan fingerprint density at radius 3 is 1.73 bits per heavy atom. The molecule has 0 aliphatic carbocycles. The second kappa shape index (κ2) is 11.8. The van der Waals surface area contributed by atoms with E-state index in [0.717, 1.165) is 22.6 Å². The quantitative estimate of drug-likeness (QED) is 0.164. The molecule has 0 saturated carbocycles. The summed E-state index contributed by atoms with van der Waals surface area (Å²) < 4.78 is 0. The predicted octanol–water partition coefficient (Wildman–Crippen LogP) is 11.1. The van der Waals surface area contributed by atoms with Gasteiger partial charge in [-0.25, -0.2) is 0 Å². The van der Waals surface area contributed by atoms with Crippen molar-refractivity contribution in [2.24, 2.45) is 0 Å². The van der Waals surface area contributed by atoms with Gasteiger partial charge in [-0.1, -0.05) is 109 Å². The number of hydrogen-bond acceptors (Lipinski definition) is 2. The predicted molar refractivity (Wildman–Crippen MR) is 175 cm³/mol. The second-order valence-electron chi connectivity index (χ2n) is 9.95. The van der Waals surface area contributed by atoms with Crippen LogP contribution in [0.4, 0.5) is 17.1 Å². The molecule has 0 unspecified atom stereocenters. The van der Waals surface area contributed by atoms with Crippen molar-refractivity contribution in [3.8, 4) is 22.3 Å². The number of benzene rings is 6. The van der Waals surface area contributed by atoms with Gasteiger partial charge in [0, 0.05) is 22.6 Å². The molecule has 2 heteroatoms. The van der Waals surface area contributed by atoms with Gasteiger partial charge in [0.25, 0.3) is 0 Å². The average molecular weight is 530 g/mol. The topological polar surface area (TPSA) is 23.5 Å². The molecule has 0 fully saturated rings. The zero-order valence-corrected chi connectivity index (χ0v) is 23.0. The van der Waals surface area contributed by atoms with E-state index < -0.39 is 0 Å². The van der Waals surface area contributed by atoms with E-state index >= 15 is 0 Å². The standard InChI is InChI=1S/C39H31NO/c1-2-3-16-39(41)33-21-27-36(28-22-33)40(34-23-17-30(18-24-34)29-10-5-4-6-11-29)35-25-19-32(20-26-35)38-15-9-13-31-12-7-8-14-37(31)38/h2-28,41H,1H3/b3-2-,39-16-. The van der Waals surface area contributed by atoms with Crippen LogP contribution >= 0.6 is 0 Å². The summed E-state index contributed by atoms with van der Waals surface area (Å²) in [4.78, 5) is 2.25. The highest BCUT2D eigenvalue weighted by Crippen LogP contribution is 2.38. The lowest BCUT2D eigenvalue weighted by molar-refractivity contribution is 0.512. The van der Waals surface area contributed by atoms with Crippen LogP contribution in [0.2, 0.25) is 0 Å². The Morgan fingerprint density at radius 2 is 1.07 bits per heavy atom. The van der Waals surface area contributed by atoms with Gasteiger partial charge in [-0.2, -0.15) is 0 Å². The molecule has 0 spiro atoms. The van der Waals surface area contributed by atoms with Crippen LogP contribution < -0.4 is 4.90 Å². The van der Waals surface area contributed by atoms with Crippen molar-refractivity contribution in [3.05, 3.63) is 169 Å². The lowest BCUT2D eigenvalue weighted by atomic mass is 9.98. The van der Waals surface area contributed by atoms with Crippen LogP contribution in [0.5, 0.6) is 0 Å². The zero-order valence-electron chi connectivity index (χ0n) is 23.0. The summed E-state index contributed by atoms with van der Waals surface area (Å²) in [5.41, 5.74) is 8.68. The molecule has 0 radical (unpaired) electrons. The van der Waals surface area contributed by atoms with Crippen molar-refractivity contribution in [3.63, 3.8) is 0 Å². The summed E-state index contributed by atoms with van der Waals surface area (Å²) >= 11 is 0. The van der Waals surface area contributed by atoms with E-state index in [1.165, 1.54) is 33.0 Å². The molecule has 0 aromatic heterocycles. The number of aliphatic hydroxyl groups is 1. The monoisotopic (exact) mass is 529 g/mol. The van der Waals surface area contributed by atoms with Crippen molar-refractivity contribution >= 4 is 33.6 Å². The summed E-state index contributed by atoms with van der Waals surface area (Å²) in [6, 6.07) is 50.8. The Balaban J connectivity index is 1.40. The van der Waals surface area contributed by atoms with Gasteiger partial charge in [0.05, 0.1) is 0 Å². The molecule has 6 aromatic carbocycles. The van der Waals surface area contributed by atoms with Gasteiger partial charge in [-0.05, 0) is 94.6 Å². The SMILES string of the molecule is C/C=C\C=C(/O)c1ccc(N(c2ccc(-c3ccccc3)cc2)c2ccc(-c3cccc4ccccc34)cc2)cc1. The third-order valence-electron chi connectivity index (χ3n) is 7.33. The molecule has 198 valence electrons. The lowest BCUT2D eigenvalue weighted by Crippen LogP contribution is -2.10. The molecule has 0 bridgehead atoms. The fourth-order valence-corrected chi connectivity index (χ4v) is 5.21.